The SMILES string of the molecule is COc1ccc(C2C=C(C(F)(F)F)CN2Cc2ccccc2)cc1. The molecule has 0 spiro atoms. The van der Waals surface area contributed by atoms with E-state index in [1.165, 1.54) is 6.08 Å². The van der Waals surface area contributed by atoms with Crippen molar-refractivity contribution < 1.29 is 17.9 Å². The summed E-state index contributed by atoms with van der Waals surface area (Å²) in [6.45, 7) is 0.364. The molecule has 1 unspecified atom stereocenters. The van der Waals surface area contributed by atoms with Crippen molar-refractivity contribution in [1.29, 1.82) is 0 Å². The van der Waals surface area contributed by atoms with Gasteiger partial charge in [0.05, 0.1) is 13.2 Å². The second-order valence-electron chi connectivity index (χ2n) is 5.80. The molecule has 0 bridgehead atoms. The number of methoxy groups -OCH3 is 1. The van der Waals surface area contributed by atoms with Crippen LogP contribution in [0.3, 0.4) is 0 Å². The molecule has 0 fully saturated rings. The van der Waals surface area contributed by atoms with Gasteiger partial charge >= 0.3 is 6.18 Å². The zero-order valence-corrected chi connectivity index (χ0v) is 13.3. The number of benzene rings is 2. The summed E-state index contributed by atoms with van der Waals surface area (Å²) in [5, 5.41) is 0. The maximum Gasteiger partial charge on any atom is 0.413 e. The molecule has 1 aliphatic heterocycles. The molecule has 3 rings (SSSR count). The molecular formula is C19H18F3NO. The molecule has 0 aliphatic carbocycles. The van der Waals surface area contributed by atoms with E-state index >= 15 is 0 Å². The Bertz CT molecular complexity index is 708. The van der Waals surface area contributed by atoms with Crippen molar-refractivity contribution in [3.8, 4) is 5.75 Å². The fraction of sp³-hybridized carbons (Fsp3) is 0.263. The van der Waals surface area contributed by atoms with E-state index in [1.54, 1.807) is 19.2 Å². The maximum atomic E-state index is 13.2. The first-order valence-corrected chi connectivity index (χ1v) is 7.67. The highest BCUT2D eigenvalue weighted by atomic mass is 19.4. The van der Waals surface area contributed by atoms with Crippen LogP contribution in [0.2, 0.25) is 0 Å². The summed E-state index contributed by atoms with van der Waals surface area (Å²) in [6, 6.07) is 16.3. The van der Waals surface area contributed by atoms with E-state index in [2.05, 4.69) is 0 Å². The summed E-state index contributed by atoms with van der Waals surface area (Å²) in [7, 11) is 1.56. The molecule has 126 valence electrons. The van der Waals surface area contributed by atoms with Crippen LogP contribution in [0.5, 0.6) is 5.75 Å². The predicted octanol–water partition coefficient (Wildman–Crippen LogP) is 4.74. The van der Waals surface area contributed by atoms with Gasteiger partial charge in [0.1, 0.15) is 5.75 Å². The summed E-state index contributed by atoms with van der Waals surface area (Å²) >= 11 is 0. The van der Waals surface area contributed by atoms with Gasteiger partial charge in [-0.05, 0) is 23.3 Å². The molecular weight excluding hydrogens is 315 g/mol. The highest BCUT2D eigenvalue weighted by molar-refractivity contribution is 5.35. The molecule has 5 heteroatoms. The van der Waals surface area contributed by atoms with Crippen LogP contribution in [0, 0.1) is 0 Å². The minimum Gasteiger partial charge on any atom is -0.497 e. The Morgan fingerprint density at radius 2 is 1.71 bits per heavy atom. The lowest BCUT2D eigenvalue weighted by Crippen LogP contribution is -2.26. The van der Waals surface area contributed by atoms with Crippen molar-refractivity contribution in [2.75, 3.05) is 13.7 Å². The number of alkyl halides is 3. The van der Waals surface area contributed by atoms with Crippen molar-refractivity contribution in [3.63, 3.8) is 0 Å². The van der Waals surface area contributed by atoms with Crippen LogP contribution in [0.15, 0.2) is 66.2 Å². The molecule has 2 nitrogen and oxygen atoms in total. The molecule has 0 saturated heterocycles. The lowest BCUT2D eigenvalue weighted by Gasteiger charge is -2.25. The predicted molar refractivity (Wildman–Crippen MR) is 86.7 cm³/mol. The molecule has 0 amide bonds. The molecule has 24 heavy (non-hydrogen) atoms. The van der Waals surface area contributed by atoms with E-state index in [0.29, 0.717) is 12.3 Å². The third-order valence-electron chi connectivity index (χ3n) is 4.18. The minimum atomic E-state index is -4.30. The lowest BCUT2D eigenvalue weighted by atomic mass is 10.1. The fourth-order valence-electron chi connectivity index (χ4n) is 2.93. The number of hydrogen-bond donors (Lipinski definition) is 0. The minimum absolute atomic E-state index is 0.102. The fourth-order valence-corrected chi connectivity index (χ4v) is 2.93. The summed E-state index contributed by atoms with van der Waals surface area (Å²) < 4.78 is 44.6. The summed E-state index contributed by atoms with van der Waals surface area (Å²) in [4.78, 5) is 1.83. The van der Waals surface area contributed by atoms with Crippen molar-refractivity contribution in [2.24, 2.45) is 0 Å². The van der Waals surface area contributed by atoms with Crippen LogP contribution >= 0.6 is 0 Å². The average Bonchev–Trinajstić information content (AvgIpc) is 3.00. The second-order valence-corrected chi connectivity index (χ2v) is 5.80. The van der Waals surface area contributed by atoms with E-state index < -0.39 is 17.8 Å². The molecule has 0 radical (unpaired) electrons. The van der Waals surface area contributed by atoms with E-state index in [0.717, 1.165) is 11.1 Å². The van der Waals surface area contributed by atoms with Crippen molar-refractivity contribution in [1.82, 2.24) is 4.90 Å². The van der Waals surface area contributed by atoms with Gasteiger partial charge in [0.25, 0.3) is 0 Å². The summed E-state index contributed by atoms with van der Waals surface area (Å²) in [5.74, 6) is 0.686. The average molecular weight is 333 g/mol. The number of hydrogen-bond acceptors (Lipinski definition) is 2. The van der Waals surface area contributed by atoms with E-state index in [9.17, 15) is 13.2 Å². The van der Waals surface area contributed by atoms with E-state index in [1.807, 2.05) is 47.4 Å². The highest BCUT2D eigenvalue weighted by Gasteiger charge is 2.40. The molecule has 2 aromatic rings. The second kappa shape index (κ2) is 6.69. The molecule has 1 atom stereocenters. The first-order chi connectivity index (χ1) is 11.5. The van der Waals surface area contributed by atoms with Gasteiger partial charge in [-0.3, -0.25) is 4.90 Å². The Morgan fingerprint density at radius 3 is 2.29 bits per heavy atom. The first-order valence-electron chi connectivity index (χ1n) is 7.67. The van der Waals surface area contributed by atoms with Crippen molar-refractivity contribution in [2.45, 2.75) is 18.8 Å². The van der Waals surface area contributed by atoms with Gasteiger partial charge in [-0.25, -0.2) is 0 Å². The maximum absolute atomic E-state index is 13.2. The molecule has 0 saturated carbocycles. The summed E-state index contributed by atoms with van der Waals surface area (Å²) in [5.41, 5.74) is 1.33. The number of ether oxygens (including phenoxy) is 1. The van der Waals surface area contributed by atoms with Crippen LogP contribution in [-0.4, -0.2) is 24.7 Å². The van der Waals surface area contributed by atoms with Crippen LogP contribution in [0.25, 0.3) is 0 Å². The number of halogens is 3. The summed E-state index contributed by atoms with van der Waals surface area (Å²) in [6.07, 6.45) is -2.97. The van der Waals surface area contributed by atoms with E-state index in [4.69, 9.17) is 4.74 Å². The standard InChI is InChI=1S/C19H18F3NO/c1-24-17-9-7-15(8-10-17)18-11-16(19(20,21)22)13-23(18)12-14-5-3-2-4-6-14/h2-11,18H,12-13H2,1H3. The zero-order valence-electron chi connectivity index (χ0n) is 13.3. The third-order valence-corrected chi connectivity index (χ3v) is 4.18. The first kappa shape index (κ1) is 16.6. The van der Waals surface area contributed by atoms with Crippen molar-refractivity contribution in [3.05, 3.63) is 77.4 Å². The molecule has 2 aromatic carbocycles. The van der Waals surface area contributed by atoms with Gasteiger partial charge < -0.3 is 4.74 Å². The molecule has 0 aromatic heterocycles. The van der Waals surface area contributed by atoms with Gasteiger partial charge in [-0.15, -0.1) is 0 Å². The zero-order chi connectivity index (χ0) is 17.2. The third kappa shape index (κ3) is 3.62. The number of nitrogens with zero attached hydrogens (tertiary/aromatic N) is 1. The van der Waals surface area contributed by atoms with Crippen molar-refractivity contribution >= 4 is 0 Å². The molecule has 0 N–H and O–H groups in total. The Labute approximate surface area is 139 Å². The molecule has 1 aliphatic rings. The van der Waals surface area contributed by atoms with Crippen LogP contribution in [0.4, 0.5) is 13.2 Å². The van der Waals surface area contributed by atoms with Crippen LogP contribution in [-0.2, 0) is 6.54 Å². The van der Waals surface area contributed by atoms with Gasteiger partial charge in [-0.1, -0.05) is 48.5 Å². The van der Waals surface area contributed by atoms with Crippen LogP contribution in [0.1, 0.15) is 17.2 Å². The smallest absolute Gasteiger partial charge is 0.413 e. The number of rotatable bonds is 4. The Morgan fingerprint density at radius 1 is 1.04 bits per heavy atom. The monoisotopic (exact) mass is 333 g/mol. The van der Waals surface area contributed by atoms with Gasteiger partial charge in [0, 0.05) is 18.7 Å². The highest BCUT2D eigenvalue weighted by Crippen LogP contribution is 2.38. The van der Waals surface area contributed by atoms with E-state index in [-0.39, 0.29) is 6.54 Å². The Balaban J connectivity index is 1.88. The quantitative estimate of drug-likeness (QED) is 0.749. The lowest BCUT2D eigenvalue weighted by molar-refractivity contribution is -0.0937. The Hall–Kier alpha value is -2.27. The normalized spacial score (nSPS) is 18.5. The molecule has 1 heterocycles. The van der Waals surface area contributed by atoms with Crippen LogP contribution < -0.4 is 4.74 Å². The largest absolute Gasteiger partial charge is 0.497 e. The Kier molecular flexibility index (Phi) is 4.62. The van der Waals surface area contributed by atoms with Gasteiger partial charge in [0.2, 0.25) is 0 Å². The van der Waals surface area contributed by atoms with Gasteiger partial charge in [0.15, 0.2) is 0 Å². The van der Waals surface area contributed by atoms with Gasteiger partial charge in [-0.2, -0.15) is 13.2 Å². The topological polar surface area (TPSA) is 12.5 Å².